The Labute approximate surface area is 119 Å². The van der Waals surface area contributed by atoms with Crippen molar-refractivity contribution in [1.82, 2.24) is 10.6 Å². The van der Waals surface area contributed by atoms with Crippen molar-refractivity contribution in [3.63, 3.8) is 0 Å². The number of piperidine rings is 1. The van der Waals surface area contributed by atoms with Crippen LogP contribution >= 0.6 is 0 Å². The fourth-order valence-corrected chi connectivity index (χ4v) is 2.42. The first-order chi connectivity index (χ1) is 9.54. The monoisotopic (exact) mass is 278 g/mol. The number of carbonyl (C=O) groups excluding carboxylic acids is 1. The van der Waals surface area contributed by atoms with E-state index in [9.17, 15) is 9.90 Å². The molecule has 0 spiro atoms. The molecule has 1 heterocycles. The first-order valence-electron chi connectivity index (χ1n) is 6.90. The van der Waals surface area contributed by atoms with E-state index in [2.05, 4.69) is 17.6 Å². The van der Waals surface area contributed by atoms with Crippen LogP contribution in [0.1, 0.15) is 30.1 Å². The van der Waals surface area contributed by atoms with Crippen LogP contribution in [0, 0.1) is 5.41 Å². The highest BCUT2D eigenvalue weighted by molar-refractivity contribution is 5.97. The molecule has 0 aromatic heterocycles. The van der Waals surface area contributed by atoms with Crippen molar-refractivity contribution in [2.45, 2.75) is 19.8 Å². The number of ether oxygens (including phenoxy) is 1. The molecule has 1 aliphatic rings. The van der Waals surface area contributed by atoms with Gasteiger partial charge in [0, 0.05) is 6.54 Å². The van der Waals surface area contributed by atoms with Gasteiger partial charge in [-0.15, -0.1) is 0 Å². The molecule has 2 rings (SSSR count). The molecule has 3 N–H and O–H groups in total. The van der Waals surface area contributed by atoms with Gasteiger partial charge in [-0.1, -0.05) is 6.92 Å². The van der Waals surface area contributed by atoms with E-state index in [-0.39, 0.29) is 22.6 Å². The number of rotatable bonds is 4. The third kappa shape index (κ3) is 3.42. The maximum absolute atomic E-state index is 12.2. The van der Waals surface area contributed by atoms with Crippen molar-refractivity contribution >= 4 is 5.91 Å². The summed E-state index contributed by atoms with van der Waals surface area (Å²) in [4.78, 5) is 12.2. The zero-order valence-corrected chi connectivity index (χ0v) is 12.0. The van der Waals surface area contributed by atoms with Gasteiger partial charge in [0.15, 0.2) is 0 Å². The molecule has 0 aliphatic carbocycles. The number of aromatic hydroxyl groups is 1. The molecular formula is C15H22N2O3. The number of benzene rings is 1. The molecule has 1 aliphatic heterocycles. The summed E-state index contributed by atoms with van der Waals surface area (Å²) in [6.07, 6.45) is 2.08. The maximum atomic E-state index is 12.2. The zero-order chi connectivity index (χ0) is 14.6. The molecule has 1 amide bonds. The minimum Gasteiger partial charge on any atom is -0.507 e. The summed E-state index contributed by atoms with van der Waals surface area (Å²) in [5.74, 6) is 0.265. The van der Waals surface area contributed by atoms with Gasteiger partial charge in [0.1, 0.15) is 11.5 Å². The van der Waals surface area contributed by atoms with Crippen molar-refractivity contribution < 1.29 is 14.6 Å². The summed E-state index contributed by atoms with van der Waals surface area (Å²) in [5, 5.41) is 16.0. The average molecular weight is 278 g/mol. The van der Waals surface area contributed by atoms with E-state index in [1.165, 1.54) is 13.2 Å². The Hall–Kier alpha value is -1.75. The van der Waals surface area contributed by atoms with E-state index in [4.69, 9.17) is 4.74 Å². The van der Waals surface area contributed by atoms with Crippen LogP contribution in [0.5, 0.6) is 11.5 Å². The molecule has 0 saturated carbocycles. The van der Waals surface area contributed by atoms with E-state index in [0.717, 1.165) is 25.9 Å². The van der Waals surface area contributed by atoms with Crippen molar-refractivity contribution in [1.29, 1.82) is 0 Å². The number of methoxy groups -OCH3 is 1. The fraction of sp³-hybridized carbons (Fsp3) is 0.533. The predicted molar refractivity (Wildman–Crippen MR) is 77.2 cm³/mol. The van der Waals surface area contributed by atoms with Gasteiger partial charge in [-0.3, -0.25) is 4.79 Å². The number of carbonyl (C=O) groups is 1. The largest absolute Gasteiger partial charge is 0.507 e. The Morgan fingerprint density at radius 2 is 2.15 bits per heavy atom. The minimum atomic E-state index is -0.263. The summed E-state index contributed by atoms with van der Waals surface area (Å²) in [7, 11) is 1.53. The second-order valence-electron chi connectivity index (χ2n) is 5.63. The number of nitrogens with one attached hydrogen (secondary N) is 2. The van der Waals surface area contributed by atoms with Gasteiger partial charge < -0.3 is 20.5 Å². The van der Waals surface area contributed by atoms with Crippen molar-refractivity contribution in [3.8, 4) is 11.5 Å². The van der Waals surface area contributed by atoms with Gasteiger partial charge in [0.05, 0.1) is 12.7 Å². The molecule has 110 valence electrons. The average Bonchev–Trinajstić information content (AvgIpc) is 2.46. The number of amides is 1. The highest BCUT2D eigenvalue weighted by atomic mass is 16.5. The second kappa shape index (κ2) is 6.13. The van der Waals surface area contributed by atoms with E-state index in [1.807, 2.05) is 0 Å². The van der Waals surface area contributed by atoms with Crippen LogP contribution in [-0.2, 0) is 0 Å². The van der Waals surface area contributed by atoms with Gasteiger partial charge in [0.2, 0.25) is 0 Å². The molecule has 0 unspecified atom stereocenters. The van der Waals surface area contributed by atoms with Crippen molar-refractivity contribution in [2.24, 2.45) is 5.41 Å². The molecule has 5 nitrogen and oxygen atoms in total. The lowest BCUT2D eigenvalue weighted by molar-refractivity contribution is 0.0919. The lowest BCUT2D eigenvalue weighted by Gasteiger charge is -2.34. The van der Waals surface area contributed by atoms with Crippen LogP contribution < -0.4 is 15.4 Å². The van der Waals surface area contributed by atoms with Crippen molar-refractivity contribution in [3.05, 3.63) is 23.8 Å². The molecule has 1 saturated heterocycles. The highest BCUT2D eigenvalue weighted by Crippen LogP contribution is 2.27. The number of phenols is 1. The SMILES string of the molecule is COc1ccc(O)c(C(=O)NCC2(C)CCNCC2)c1. The van der Waals surface area contributed by atoms with Crippen LogP contribution in [-0.4, -0.2) is 37.8 Å². The molecule has 0 bridgehead atoms. The van der Waals surface area contributed by atoms with E-state index >= 15 is 0 Å². The van der Waals surface area contributed by atoms with Gasteiger partial charge >= 0.3 is 0 Å². The molecule has 0 radical (unpaired) electrons. The fourth-order valence-electron chi connectivity index (χ4n) is 2.42. The summed E-state index contributed by atoms with van der Waals surface area (Å²) in [6.45, 7) is 4.76. The third-order valence-corrected chi connectivity index (χ3v) is 3.93. The predicted octanol–water partition coefficient (Wildman–Crippen LogP) is 1.52. The Morgan fingerprint density at radius 3 is 2.80 bits per heavy atom. The standard InChI is InChI=1S/C15H22N2O3/c1-15(5-7-16-8-6-15)10-17-14(19)12-9-11(20-2)3-4-13(12)18/h3-4,9,16,18H,5-8,10H2,1-2H3,(H,17,19). The first kappa shape index (κ1) is 14.7. The van der Waals surface area contributed by atoms with Gasteiger partial charge in [-0.25, -0.2) is 0 Å². The lowest BCUT2D eigenvalue weighted by atomic mass is 9.81. The topological polar surface area (TPSA) is 70.6 Å². The molecule has 0 atom stereocenters. The van der Waals surface area contributed by atoms with E-state index in [1.54, 1.807) is 12.1 Å². The van der Waals surface area contributed by atoms with E-state index < -0.39 is 0 Å². The molecule has 1 aromatic carbocycles. The van der Waals surface area contributed by atoms with Gasteiger partial charge in [-0.05, 0) is 49.5 Å². The second-order valence-corrected chi connectivity index (χ2v) is 5.63. The Bertz CT molecular complexity index is 482. The molecule has 1 aromatic rings. The highest BCUT2D eigenvalue weighted by Gasteiger charge is 2.27. The van der Waals surface area contributed by atoms with Crippen molar-refractivity contribution in [2.75, 3.05) is 26.7 Å². The van der Waals surface area contributed by atoms with Crippen LogP contribution in [0.25, 0.3) is 0 Å². The number of phenolic OH excluding ortho intramolecular Hbond substituents is 1. The summed E-state index contributed by atoms with van der Waals surface area (Å²) < 4.78 is 5.07. The quantitative estimate of drug-likeness (QED) is 0.781. The smallest absolute Gasteiger partial charge is 0.255 e. The lowest BCUT2D eigenvalue weighted by Crippen LogP contribution is -2.42. The van der Waals surface area contributed by atoms with Crippen LogP contribution in [0.2, 0.25) is 0 Å². The van der Waals surface area contributed by atoms with Crippen LogP contribution in [0.4, 0.5) is 0 Å². The molecule has 1 fully saturated rings. The van der Waals surface area contributed by atoms with Gasteiger partial charge in [0.25, 0.3) is 5.91 Å². The Morgan fingerprint density at radius 1 is 1.45 bits per heavy atom. The third-order valence-electron chi connectivity index (χ3n) is 3.93. The van der Waals surface area contributed by atoms with Crippen LogP contribution in [0.15, 0.2) is 18.2 Å². The number of hydrogen-bond donors (Lipinski definition) is 3. The Kier molecular flexibility index (Phi) is 4.49. The molecular weight excluding hydrogens is 256 g/mol. The minimum absolute atomic E-state index is 0.0289. The normalized spacial score (nSPS) is 17.5. The summed E-state index contributed by atoms with van der Waals surface area (Å²) in [6, 6.07) is 4.65. The molecule has 20 heavy (non-hydrogen) atoms. The Balaban J connectivity index is 2.01. The van der Waals surface area contributed by atoms with Crippen LogP contribution in [0.3, 0.4) is 0 Å². The zero-order valence-electron chi connectivity index (χ0n) is 12.0. The first-order valence-corrected chi connectivity index (χ1v) is 6.90. The summed E-state index contributed by atoms with van der Waals surface area (Å²) in [5.41, 5.74) is 0.372. The summed E-state index contributed by atoms with van der Waals surface area (Å²) >= 11 is 0. The number of hydrogen-bond acceptors (Lipinski definition) is 4. The molecule has 5 heteroatoms. The maximum Gasteiger partial charge on any atom is 0.255 e. The van der Waals surface area contributed by atoms with E-state index in [0.29, 0.717) is 12.3 Å². The van der Waals surface area contributed by atoms with Gasteiger partial charge in [-0.2, -0.15) is 0 Å².